The molecule has 3 N–H and O–H groups in total. The molecule has 3 rings (SSSR count). The molecule has 2 aromatic carbocycles. The lowest BCUT2D eigenvalue weighted by Gasteiger charge is -2.41. The maximum atomic E-state index is 13.6. The summed E-state index contributed by atoms with van der Waals surface area (Å²) in [5.41, 5.74) is 1.42. The lowest BCUT2D eigenvalue weighted by molar-refractivity contribution is -0.136. The van der Waals surface area contributed by atoms with E-state index in [1.165, 1.54) is 12.1 Å². The molecule has 9 nitrogen and oxygen atoms in total. The third-order valence-corrected chi connectivity index (χ3v) is 11.8. The number of phenolic OH excluding ortho intramolecular Hbond substituents is 1. The summed E-state index contributed by atoms with van der Waals surface area (Å²) in [6.07, 6.45) is -1.22. The fourth-order valence-corrected chi connectivity index (χ4v) is 5.43. The fourth-order valence-electron chi connectivity index (χ4n) is 4.16. The van der Waals surface area contributed by atoms with Gasteiger partial charge in [0, 0.05) is 18.0 Å². The number of H-pyrrole nitrogens is 1. The second-order valence-corrected chi connectivity index (χ2v) is 17.7. The van der Waals surface area contributed by atoms with Crippen molar-refractivity contribution in [3.63, 3.8) is 0 Å². The van der Waals surface area contributed by atoms with Gasteiger partial charge in [0.1, 0.15) is 11.4 Å². The van der Waals surface area contributed by atoms with Gasteiger partial charge >= 0.3 is 12.1 Å². The molecule has 0 aliphatic heterocycles. The maximum Gasteiger partial charge on any atom is 0.410 e. The van der Waals surface area contributed by atoms with Gasteiger partial charge in [-0.2, -0.15) is 0 Å². The Kier molecular flexibility index (Phi) is 9.39. The van der Waals surface area contributed by atoms with Crippen molar-refractivity contribution in [1.29, 1.82) is 0 Å². The number of aromatic hydroxyl groups is 1. The predicted octanol–water partition coefficient (Wildman–Crippen LogP) is 6.36. The van der Waals surface area contributed by atoms with Crippen molar-refractivity contribution in [2.24, 2.45) is 0 Å². The number of rotatable bonds is 9. The molecule has 222 valence electrons. The van der Waals surface area contributed by atoms with Crippen LogP contribution in [-0.4, -0.2) is 52.6 Å². The molecule has 1 aromatic heterocycles. The molecule has 3 aromatic rings. The molecule has 0 fully saturated rings. The van der Waals surface area contributed by atoms with Crippen molar-refractivity contribution >= 4 is 31.3 Å². The summed E-state index contributed by atoms with van der Waals surface area (Å²) < 4.78 is 12.7. The number of hydrogen-bond acceptors (Lipinski definition) is 6. The first kappa shape index (κ1) is 31.9. The number of benzene rings is 2. The van der Waals surface area contributed by atoms with Crippen molar-refractivity contribution in [3.05, 3.63) is 75.6 Å². The van der Waals surface area contributed by atoms with Gasteiger partial charge in [0.2, 0.25) is 5.56 Å². The third-order valence-electron chi connectivity index (χ3n) is 7.29. The molecular weight excluding hydrogens is 540 g/mol. The largest absolute Gasteiger partial charge is 0.506 e. The molecule has 1 atom stereocenters. The average Bonchev–Trinajstić information content (AvgIpc) is 2.82. The van der Waals surface area contributed by atoms with Crippen LogP contribution < -0.4 is 5.56 Å². The lowest BCUT2D eigenvalue weighted by Crippen LogP contribution is -2.45. The van der Waals surface area contributed by atoms with Crippen molar-refractivity contribution in [2.45, 2.75) is 84.3 Å². The van der Waals surface area contributed by atoms with Crippen LogP contribution in [0.25, 0.3) is 10.9 Å². The number of nitrogens with zero attached hydrogens (tertiary/aromatic N) is 1. The predicted molar refractivity (Wildman–Crippen MR) is 162 cm³/mol. The number of aliphatic carboxylic acids is 1. The first-order valence-electron chi connectivity index (χ1n) is 13.7. The number of amides is 1. The molecule has 0 saturated carbocycles. The number of aromatic nitrogens is 1. The topological polar surface area (TPSA) is 129 Å². The van der Waals surface area contributed by atoms with E-state index in [0.29, 0.717) is 16.5 Å². The molecule has 1 unspecified atom stereocenters. The number of aromatic amines is 1. The Morgan fingerprint density at radius 2 is 1.56 bits per heavy atom. The molecule has 0 radical (unpaired) electrons. The van der Waals surface area contributed by atoms with Crippen molar-refractivity contribution in [2.75, 3.05) is 6.54 Å². The Balaban J connectivity index is 2.10. The number of nitrogens with one attached hydrogen (secondary N) is 1. The Morgan fingerprint density at radius 1 is 0.951 bits per heavy atom. The molecule has 0 aliphatic carbocycles. The quantitative estimate of drug-likeness (QED) is 0.250. The SMILES string of the molecule is CC(C)(C)OC(=O)N(Cc1ccc(CC(=O)O)cc1)CC(O[Si](C)(C)C(C)(C)C)c1ccc(O)c2[nH]c(=O)ccc12. The number of carboxylic acids is 1. The van der Waals surface area contributed by atoms with E-state index in [2.05, 4.69) is 38.8 Å². The second-order valence-electron chi connectivity index (χ2n) is 12.9. The summed E-state index contributed by atoms with van der Waals surface area (Å²) in [6, 6.07) is 13.4. The minimum absolute atomic E-state index is 0.0574. The van der Waals surface area contributed by atoms with Gasteiger partial charge in [-0.15, -0.1) is 0 Å². The van der Waals surface area contributed by atoms with E-state index in [4.69, 9.17) is 14.3 Å². The van der Waals surface area contributed by atoms with E-state index in [9.17, 15) is 19.5 Å². The van der Waals surface area contributed by atoms with Gasteiger partial charge < -0.3 is 29.3 Å². The number of ether oxygens (including phenoxy) is 1. The summed E-state index contributed by atoms with van der Waals surface area (Å²) >= 11 is 0. The van der Waals surface area contributed by atoms with Gasteiger partial charge in [0.15, 0.2) is 8.32 Å². The summed E-state index contributed by atoms with van der Waals surface area (Å²) in [4.78, 5) is 41.0. The monoisotopic (exact) mass is 582 g/mol. The third kappa shape index (κ3) is 8.43. The van der Waals surface area contributed by atoms with E-state index in [1.807, 2.05) is 0 Å². The van der Waals surface area contributed by atoms with E-state index >= 15 is 0 Å². The molecule has 0 bridgehead atoms. The zero-order chi connectivity index (χ0) is 30.8. The number of pyridine rings is 1. The zero-order valence-electron chi connectivity index (χ0n) is 25.2. The number of carboxylic acid groups (broad SMARTS) is 1. The number of phenols is 1. The highest BCUT2D eigenvalue weighted by Crippen LogP contribution is 2.41. The van der Waals surface area contributed by atoms with E-state index in [0.717, 1.165) is 11.1 Å². The number of carbonyl (C=O) groups excluding carboxylic acids is 1. The van der Waals surface area contributed by atoms with E-state index in [-0.39, 0.29) is 35.9 Å². The smallest absolute Gasteiger partial charge is 0.410 e. The Hall–Kier alpha value is -3.63. The summed E-state index contributed by atoms with van der Waals surface area (Å²) in [5, 5.41) is 20.1. The van der Waals surface area contributed by atoms with Gasteiger partial charge in [-0.05, 0) is 67.7 Å². The highest BCUT2D eigenvalue weighted by molar-refractivity contribution is 6.74. The van der Waals surface area contributed by atoms with Crippen LogP contribution in [0.2, 0.25) is 18.1 Å². The van der Waals surface area contributed by atoms with Gasteiger partial charge in [-0.3, -0.25) is 9.59 Å². The summed E-state index contributed by atoms with van der Waals surface area (Å²) in [6.45, 7) is 16.4. The van der Waals surface area contributed by atoms with Crippen molar-refractivity contribution in [1.82, 2.24) is 9.88 Å². The molecule has 1 amide bonds. The Morgan fingerprint density at radius 3 is 2.12 bits per heavy atom. The summed E-state index contributed by atoms with van der Waals surface area (Å²) in [5.74, 6) is -0.973. The first-order valence-corrected chi connectivity index (χ1v) is 16.6. The molecule has 0 aliphatic rings. The van der Waals surface area contributed by atoms with Crippen LogP contribution in [0.4, 0.5) is 4.79 Å². The van der Waals surface area contributed by atoms with Crippen LogP contribution in [0, 0.1) is 0 Å². The van der Waals surface area contributed by atoms with Gasteiger partial charge in [0.05, 0.1) is 24.6 Å². The standard InChI is InChI=1S/C31H42N2O7Si/c1-30(2,3)39-29(38)33(18-21-11-9-20(10-12-21)17-27(36)37)19-25(40-41(7,8)31(4,5)6)22-13-15-24(34)28-23(22)14-16-26(35)32-28/h9-16,25,34H,17-19H2,1-8H3,(H,32,35)(H,36,37). The fraction of sp³-hybridized carbons (Fsp3) is 0.452. The van der Waals surface area contributed by atoms with E-state index in [1.54, 1.807) is 62.1 Å². The van der Waals surface area contributed by atoms with Crippen LogP contribution >= 0.6 is 0 Å². The van der Waals surface area contributed by atoms with Crippen LogP contribution in [0.15, 0.2) is 53.3 Å². The van der Waals surface area contributed by atoms with E-state index < -0.39 is 32.1 Å². The van der Waals surface area contributed by atoms with Gasteiger partial charge in [-0.25, -0.2) is 4.79 Å². The summed E-state index contributed by atoms with van der Waals surface area (Å²) in [7, 11) is -2.40. The van der Waals surface area contributed by atoms with Crippen LogP contribution in [-0.2, 0) is 26.9 Å². The Labute approximate surface area is 242 Å². The van der Waals surface area contributed by atoms with Crippen LogP contribution in [0.1, 0.15) is 64.3 Å². The molecule has 0 spiro atoms. The molecule has 41 heavy (non-hydrogen) atoms. The Bertz CT molecular complexity index is 1450. The van der Waals surface area contributed by atoms with Crippen LogP contribution in [0.3, 0.4) is 0 Å². The minimum atomic E-state index is -2.40. The molecule has 1 heterocycles. The maximum absolute atomic E-state index is 13.6. The number of carbonyl (C=O) groups is 2. The molecule has 10 heteroatoms. The van der Waals surface area contributed by atoms with Gasteiger partial charge in [-0.1, -0.05) is 51.1 Å². The number of hydrogen-bond donors (Lipinski definition) is 3. The van der Waals surface area contributed by atoms with Crippen molar-refractivity contribution in [3.8, 4) is 5.75 Å². The number of fused-ring (bicyclic) bond motifs is 1. The average molecular weight is 583 g/mol. The highest BCUT2D eigenvalue weighted by atomic mass is 28.4. The second kappa shape index (κ2) is 12.1. The normalized spacial score (nSPS) is 13.2. The molecule has 0 saturated heterocycles. The van der Waals surface area contributed by atoms with Crippen LogP contribution in [0.5, 0.6) is 5.75 Å². The highest BCUT2D eigenvalue weighted by Gasteiger charge is 2.41. The molecular formula is C31H42N2O7Si. The first-order chi connectivity index (χ1) is 18.9. The minimum Gasteiger partial charge on any atom is -0.506 e. The van der Waals surface area contributed by atoms with Gasteiger partial charge in [0.25, 0.3) is 0 Å². The van der Waals surface area contributed by atoms with Crippen molar-refractivity contribution < 1.29 is 29.0 Å². The lowest BCUT2D eigenvalue weighted by atomic mass is 10.0. The zero-order valence-corrected chi connectivity index (χ0v) is 26.2.